The molecule has 1 aliphatic heterocycles. The zero-order valence-corrected chi connectivity index (χ0v) is 20.7. The quantitative estimate of drug-likeness (QED) is 0.324. The van der Waals surface area contributed by atoms with E-state index >= 15 is 0 Å². The van der Waals surface area contributed by atoms with Crippen LogP contribution in [0.15, 0.2) is 29.3 Å². The van der Waals surface area contributed by atoms with Crippen molar-refractivity contribution in [3.05, 3.63) is 35.4 Å². The van der Waals surface area contributed by atoms with Gasteiger partial charge in [-0.2, -0.15) is 0 Å². The van der Waals surface area contributed by atoms with Gasteiger partial charge in [0.1, 0.15) is 0 Å². The van der Waals surface area contributed by atoms with Crippen LogP contribution in [0.3, 0.4) is 0 Å². The van der Waals surface area contributed by atoms with Crippen LogP contribution in [0.25, 0.3) is 0 Å². The smallest absolute Gasteiger partial charge is 0.191 e. The molecule has 0 saturated carbocycles. The average Bonchev–Trinajstić information content (AvgIpc) is 2.67. The molecule has 1 fully saturated rings. The molecule has 1 aromatic carbocycles. The van der Waals surface area contributed by atoms with Gasteiger partial charge in [-0.3, -0.25) is 9.89 Å². The first-order chi connectivity index (χ1) is 13.0. The lowest BCUT2D eigenvalue weighted by molar-refractivity contribution is 0.206. The van der Waals surface area contributed by atoms with E-state index in [1.807, 2.05) is 7.05 Å². The molecule has 0 bridgehead atoms. The van der Waals surface area contributed by atoms with Gasteiger partial charge >= 0.3 is 0 Å². The van der Waals surface area contributed by atoms with Gasteiger partial charge in [0, 0.05) is 45.3 Å². The molecule has 0 aliphatic carbocycles. The maximum absolute atomic E-state index is 4.44. The first-order valence-corrected chi connectivity index (χ1v) is 10.5. The topological polar surface area (TPSA) is 42.9 Å². The fourth-order valence-electron chi connectivity index (χ4n) is 3.52. The second kappa shape index (κ2) is 13.4. The van der Waals surface area contributed by atoms with Gasteiger partial charge in [0.25, 0.3) is 0 Å². The predicted octanol–water partition coefficient (Wildman–Crippen LogP) is 3.68. The van der Waals surface area contributed by atoms with Gasteiger partial charge in [0.2, 0.25) is 0 Å². The van der Waals surface area contributed by atoms with Crippen LogP contribution in [0.4, 0.5) is 0 Å². The van der Waals surface area contributed by atoms with Gasteiger partial charge in [-0.05, 0) is 57.8 Å². The molecule has 0 aromatic heterocycles. The van der Waals surface area contributed by atoms with E-state index in [9.17, 15) is 0 Å². The maximum atomic E-state index is 4.44. The summed E-state index contributed by atoms with van der Waals surface area (Å²) in [5, 5.41) is 7.14. The normalized spacial score (nSPS) is 16.3. The monoisotopic (exact) mass is 501 g/mol. The van der Waals surface area contributed by atoms with Crippen molar-refractivity contribution >= 4 is 29.9 Å². The van der Waals surface area contributed by atoms with Crippen molar-refractivity contribution in [2.45, 2.75) is 65.2 Å². The third-order valence-electron chi connectivity index (χ3n) is 5.56. The SMILES string of the molecule is CCCN1CCC(NC(=NC)NCc2ccccc2CN(C)C(C)C)CC1.I. The molecule has 2 N–H and O–H groups in total. The second-order valence-electron chi connectivity index (χ2n) is 7.96. The molecule has 2 rings (SSSR count). The summed E-state index contributed by atoms with van der Waals surface area (Å²) in [5.41, 5.74) is 2.72. The van der Waals surface area contributed by atoms with Crippen molar-refractivity contribution in [2.24, 2.45) is 4.99 Å². The van der Waals surface area contributed by atoms with Crippen LogP contribution >= 0.6 is 24.0 Å². The number of likely N-dealkylation sites (tertiary alicyclic amines) is 1. The molecule has 5 nitrogen and oxygen atoms in total. The average molecular weight is 502 g/mol. The van der Waals surface area contributed by atoms with Gasteiger partial charge in [-0.1, -0.05) is 31.2 Å². The molecule has 0 unspecified atom stereocenters. The Morgan fingerprint density at radius 3 is 2.43 bits per heavy atom. The zero-order chi connectivity index (χ0) is 19.6. The lowest BCUT2D eigenvalue weighted by Crippen LogP contribution is -2.48. The maximum Gasteiger partial charge on any atom is 0.191 e. The molecule has 160 valence electrons. The van der Waals surface area contributed by atoms with E-state index in [2.05, 4.69) is 77.5 Å². The van der Waals surface area contributed by atoms with Crippen LogP contribution in [0.5, 0.6) is 0 Å². The summed E-state index contributed by atoms with van der Waals surface area (Å²) in [6.07, 6.45) is 3.62. The minimum Gasteiger partial charge on any atom is -0.354 e. The van der Waals surface area contributed by atoms with E-state index in [-0.39, 0.29) is 24.0 Å². The molecule has 1 heterocycles. The molecule has 0 spiro atoms. The van der Waals surface area contributed by atoms with Crippen LogP contribution in [0.2, 0.25) is 0 Å². The van der Waals surface area contributed by atoms with Crippen molar-refractivity contribution in [3.8, 4) is 0 Å². The zero-order valence-electron chi connectivity index (χ0n) is 18.4. The minimum atomic E-state index is 0. The molecule has 0 radical (unpaired) electrons. The van der Waals surface area contributed by atoms with Crippen LogP contribution < -0.4 is 10.6 Å². The third-order valence-corrected chi connectivity index (χ3v) is 5.56. The Hall–Kier alpha value is -0.860. The number of halogens is 1. The summed E-state index contributed by atoms with van der Waals surface area (Å²) >= 11 is 0. The number of guanidine groups is 1. The van der Waals surface area contributed by atoms with Crippen molar-refractivity contribution in [1.29, 1.82) is 0 Å². The molecular formula is C22H40IN5. The molecular weight excluding hydrogens is 461 g/mol. The number of hydrogen-bond acceptors (Lipinski definition) is 3. The molecule has 6 heteroatoms. The molecule has 0 amide bonds. The van der Waals surface area contributed by atoms with E-state index in [1.54, 1.807) is 0 Å². The van der Waals surface area contributed by atoms with Crippen LogP contribution in [-0.2, 0) is 13.1 Å². The van der Waals surface area contributed by atoms with Crippen molar-refractivity contribution in [2.75, 3.05) is 33.7 Å². The summed E-state index contributed by atoms with van der Waals surface area (Å²) < 4.78 is 0. The van der Waals surface area contributed by atoms with Crippen LogP contribution in [0.1, 0.15) is 51.2 Å². The highest BCUT2D eigenvalue weighted by Crippen LogP contribution is 2.13. The third kappa shape index (κ3) is 8.25. The number of nitrogens with zero attached hydrogens (tertiary/aromatic N) is 3. The van der Waals surface area contributed by atoms with Crippen LogP contribution in [0, 0.1) is 0 Å². The summed E-state index contributed by atoms with van der Waals surface area (Å²) in [4.78, 5) is 9.38. The second-order valence-corrected chi connectivity index (χ2v) is 7.96. The minimum absolute atomic E-state index is 0. The highest BCUT2D eigenvalue weighted by atomic mass is 127. The Morgan fingerprint density at radius 1 is 1.21 bits per heavy atom. The van der Waals surface area contributed by atoms with E-state index in [1.165, 1.54) is 50.0 Å². The van der Waals surface area contributed by atoms with E-state index < -0.39 is 0 Å². The molecule has 28 heavy (non-hydrogen) atoms. The van der Waals surface area contributed by atoms with E-state index in [4.69, 9.17) is 0 Å². The first-order valence-electron chi connectivity index (χ1n) is 10.5. The Labute approximate surface area is 189 Å². The summed E-state index contributed by atoms with van der Waals surface area (Å²) in [6.45, 7) is 12.1. The van der Waals surface area contributed by atoms with Gasteiger partial charge in [0.05, 0.1) is 0 Å². The molecule has 1 aromatic rings. The Bertz CT molecular complexity index is 582. The molecule has 1 aliphatic rings. The van der Waals surface area contributed by atoms with Crippen molar-refractivity contribution in [3.63, 3.8) is 0 Å². The predicted molar refractivity (Wildman–Crippen MR) is 132 cm³/mol. The summed E-state index contributed by atoms with van der Waals surface area (Å²) in [6, 6.07) is 9.76. The number of rotatable bonds is 8. The molecule has 0 atom stereocenters. The van der Waals surface area contributed by atoms with Crippen LogP contribution in [-0.4, -0.2) is 61.6 Å². The highest BCUT2D eigenvalue weighted by molar-refractivity contribution is 14.0. The lowest BCUT2D eigenvalue weighted by Gasteiger charge is -2.32. The Balaban J connectivity index is 0.00000392. The number of hydrogen-bond donors (Lipinski definition) is 2. The van der Waals surface area contributed by atoms with E-state index in [0.29, 0.717) is 12.1 Å². The fourth-order valence-corrected chi connectivity index (χ4v) is 3.52. The number of aliphatic imine (C=N–C) groups is 1. The first kappa shape index (κ1) is 25.2. The van der Waals surface area contributed by atoms with E-state index in [0.717, 1.165) is 19.0 Å². The fraction of sp³-hybridized carbons (Fsp3) is 0.682. The van der Waals surface area contributed by atoms with Crippen molar-refractivity contribution < 1.29 is 0 Å². The number of benzene rings is 1. The Kier molecular flexibility index (Phi) is 12.0. The summed E-state index contributed by atoms with van der Waals surface area (Å²) in [7, 11) is 4.04. The largest absolute Gasteiger partial charge is 0.354 e. The number of piperidine rings is 1. The molecule has 1 saturated heterocycles. The Morgan fingerprint density at radius 2 is 1.86 bits per heavy atom. The standard InChI is InChI=1S/C22H39N5.HI/c1-6-13-27-14-11-21(12-15-27)25-22(23-4)24-16-19-9-7-8-10-20(19)17-26(5)18(2)3;/h7-10,18,21H,6,11-17H2,1-5H3,(H2,23,24,25);1H. The number of nitrogens with one attached hydrogen (secondary N) is 2. The van der Waals surface area contributed by atoms with Gasteiger partial charge in [0.15, 0.2) is 5.96 Å². The van der Waals surface area contributed by atoms with Gasteiger partial charge < -0.3 is 15.5 Å². The summed E-state index contributed by atoms with van der Waals surface area (Å²) in [5.74, 6) is 0.913. The van der Waals surface area contributed by atoms with Crippen molar-refractivity contribution in [1.82, 2.24) is 20.4 Å². The van der Waals surface area contributed by atoms with Gasteiger partial charge in [-0.25, -0.2) is 0 Å². The van der Waals surface area contributed by atoms with Gasteiger partial charge in [-0.15, -0.1) is 24.0 Å². The highest BCUT2D eigenvalue weighted by Gasteiger charge is 2.19. The lowest BCUT2D eigenvalue weighted by atomic mass is 10.0.